The third-order valence-electron chi connectivity index (χ3n) is 4.62. The lowest BCUT2D eigenvalue weighted by atomic mass is 10.0. The zero-order valence-electron chi connectivity index (χ0n) is 15.6. The fourth-order valence-electron chi connectivity index (χ4n) is 3.40. The summed E-state index contributed by atoms with van der Waals surface area (Å²) < 4.78 is 10.5. The van der Waals surface area contributed by atoms with Gasteiger partial charge < -0.3 is 14.5 Å². The minimum Gasteiger partial charge on any atom is -0.497 e. The van der Waals surface area contributed by atoms with Crippen LogP contribution in [-0.2, 0) is 11.3 Å². The first kappa shape index (κ1) is 17.7. The zero-order chi connectivity index (χ0) is 19.8. The van der Waals surface area contributed by atoms with Crippen molar-refractivity contribution in [2.75, 3.05) is 12.0 Å². The van der Waals surface area contributed by atoms with Crippen LogP contribution in [0.25, 0.3) is 11.5 Å². The lowest BCUT2D eigenvalue weighted by Crippen LogP contribution is -2.30. The largest absolute Gasteiger partial charge is 0.497 e. The Bertz CT molecular complexity index is 1090. The molecule has 1 aliphatic rings. The number of methoxy groups -OCH3 is 1. The van der Waals surface area contributed by atoms with Gasteiger partial charge in [0.15, 0.2) is 11.5 Å². The van der Waals surface area contributed by atoms with Crippen molar-refractivity contribution in [2.24, 2.45) is 5.16 Å². The highest BCUT2D eigenvalue weighted by molar-refractivity contribution is 6.54. The van der Waals surface area contributed by atoms with Gasteiger partial charge in [-0.15, -0.1) is 0 Å². The fraction of sp³-hybridized carbons (Fsp3) is 0.200. The molecule has 4 rings (SSSR count). The molecule has 1 aliphatic heterocycles. The van der Waals surface area contributed by atoms with E-state index in [1.54, 1.807) is 19.2 Å². The number of nitrogens with zero attached hydrogens (tertiary/aromatic N) is 4. The van der Waals surface area contributed by atoms with Crippen molar-refractivity contribution < 1.29 is 19.3 Å². The highest BCUT2D eigenvalue weighted by Gasteiger charge is 2.36. The number of anilines is 1. The van der Waals surface area contributed by atoms with E-state index in [0.29, 0.717) is 23.0 Å². The number of aromatic nitrogens is 2. The highest BCUT2D eigenvalue weighted by atomic mass is 16.5. The number of amides is 1. The Kier molecular flexibility index (Phi) is 4.31. The van der Waals surface area contributed by atoms with E-state index >= 15 is 0 Å². The van der Waals surface area contributed by atoms with Gasteiger partial charge in [-0.25, -0.2) is 0 Å². The van der Waals surface area contributed by atoms with E-state index in [4.69, 9.17) is 9.26 Å². The van der Waals surface area contributed by atoms with Crippen LogP contribution in [0.1, 0.15) is 22.5 Å². The maximum atomic E-state index is 12.7. The van der Waals surface area contributed by atoms with Gasteiger partial charge in [0.2, 0.25) is 0 Å². The minimum absolute atomic E-state index is 0.0145. The van der Waals surface area contributed by atoms with E-state index in [1.165, 1.54) is 4.90 Å². The van der Waals surface area contributed by atoms with Crippen molar-refractivity contribution in [3.8, 4) is 17.2 Å². The summed E-state index contributed by atoms with van der Waals surface area (Å²) in [5.41, 5.74) is 3.94. The number of hydrogen-bond acceptors (Lipinski definition) is 7. The fourth-order valence-corrected chi connectivity index (χ4v) is 3.40. The summed E-state index contributed by atoms with van der Waals surface area (Å²) in [4.78, 5) is 18.6. The molecule has 1 amide bonds. The van der Waals surface area contributed by atoms with E-state index in [-0.39, 0.29) is 12.3 Å². The molecule has 8 nitrogen and oxygen atoms in total. The van der Waals surface area contributed by atoms with Crippen LogP contribution in [0.5, 0.6) is 5.75 Å². The Morgan fingerprint density at radius 1 is 1.21 bits per heavy atom. The summed E-state index contributed by atoms with van der Waals surface area (Å²) in [6, 6.07) is 11.0. The Hall–Kier alpha value is -3.68. The maximum Gasteiger partial charge on any atom is 0.281 e. The number of rotatable bonds is 4. The second-order valence-corrected chi connectivity index (χ2v) is 6.56. The summed E-state index contributed by atoms with van der Waals surface area (Å²) in [6.07, 6.45) is 0. The molecule has 1 N–H and O–H groups in total. The summed E-state index contributed by atoms with van der Waals surface area (Å²) in [6.45, 7) is 3.94. The van der Waals surface area contributed by atoms with Crippen molar-refractivity contribution in [3.05, 3.63) is 58.9 Å². The number of fused-ring (bicyclic) bond motifs is 1. The molecule has 2 heterocycles. The van der Waals surface area contributed by atoms with Crippen molar-refractivity contribution in [1.82, 2.24) is 10.1 Å². The van der Waals surface area contributed by atoms with E-state index < -0.39 is 5.91 Å². The number of ether oxygens (including phenoxy) is 1. The molecule has 0 unspecified atom stereocenters. The van der Waals surface area contributed by atoms with Crippen LogP contribution in [-0.4, -0.2) is 34.1 Å². The molecule has 0 saturated heterocycles. The first-order valence-electron chi connectivity index (χ1n) is 8.64. The molecule has 0 atom stereocenters. The van der Waals surface area contributed by atoms with Crippen LogP contribution in [0.4, 0.5) is 5.69 Å². The number of benzene rings is 2. The average molecular weight is 378 g/mol. The van der Waals surface area contributed by atoms with Crippen LogP contribution in [0.15, 0.2) is 46.1 Å². The molecule has 28 heavy (non-hydrogen) atoms. The van der Waals surface area contributed by atoms with Crippen molar-refractivity contribution >= 4 is 17.3 Å². The van der Waals surface area contributed by atoms with Crippen molar-refractivity contribution in [3.63, 3.8) is 0 Å². The van der Waals surface area contributed by atoms with Crippen LogP contribution < -0.4 is 9.64 Å². The Balaban J connectivity index is 1.65. The van der Waals surface area contributed by atoms with Gasteiger partial charge in [0.25, 0.3) is 11.8 Å². The molecule has 1 aromatic heterocycles. The van der Waals surface area contributed by atoms with Gasteiger partial charge in [0.1, 0.15) is 5.75 Å². The van der Waals surface area contributed by atoms with Crippen LogP contribution >= 0.6 is 0 Å². The second kappa shape index (κ2) is 6.80. The molecule has 142 valence electrons. The van der Waals surface area contributed by atoms with Gasteiger partial charge in [0.05, 0.1) is 19.3 Å². The zero-order valence-corrected chi connectivity index (χ0v) is 15.6. The Morgan fingerprint density at radius 2 is 1.96 bits per heavy atom. The van der Waals surface area contributed by atoms with E-state index in [9.17, 15) is 10.0 Å². The third-order valence-corrected chi connectivity index (χ3v) is 4.62. The van der Waals surface area contributed by atoms with Crippen LogP contribution in [0, 0.1) is 13.8 Å². The minimum atomic E-state index is -0.401. The topological polar surface area (TPSA) is 101 Å². The molecule has 3 aromatic rings. The highest BCUT2D eigenvalue weighted by Crippen LogP contribution is 2.35. The smallest absolute Gasteiger partial charge is 0.281 e. The predicted molar refractivity (Wildman–Crippen MR) is 102 cm³/mol. The van der Waals surface area contributed by atoms with Gasteiger partial charge in [0, 0.05) is 11.1 Å². The average Bonchev–Trinajstić information content (AvgIpc) is 3.25. The number of oxime groups is 1. The summed E-state index contributed by atoms with van der Waals surface area (Å²) in [7, 11) is 1.60. The standard InChI is InChI=1S/C20H18N4O4/c1-11-8-12(2)18-15(9-11)17(22-26)20(25)24(18)10-16-21-19(28-23-16)13-4-6-14(27-3)7-5-13/h4-9,26H,10H2,1-3H3/b22-17-. The number of carbonyl (C=O) groups is 1. The van der Waals surface area contributed by atoms with Crippen LogP contribution in [0.2, 0.25) is 0 Å². The van der Waals surface area contributed by atoms with Crippen molar-refractivity contribution in [2.45, 2.75) is 20.4 Å². The lowest BCUT2D eigenvalue weighted by Gasteiger charge is -2.17. The molecule has 0 saturated carbocycles. The molecular weight excluding hydrogens is 360 g/mol. The molecule has 8 heteroatoms. The van der Waals surface area contributed by atoms with Crippen LogP contribution in [0.3, 0.4) is 0 Å². The summed E-state index contributed by atoms with van der Waals surface area (Å²) in [5.74, 6) is 1.02. The predicted octanol–water partition coefficient (Wildman–Crippen LogP) is 3.09. The third kappa shape index (κ3) is 2.88. The van der Waals surface area contributed by atoms with Gasteiger partial charge >= 0.3 is 0 Å². The number of aryl methyl sites for hydroxylation is 2. The molecule has 2 aromatic carbocycles. The van der Waals surface area contributed by atoms with Gasteiger partial charge in [-0.2, -0.15) is 4.98 Å². The van der Waals surface area contributed by atoms with E-state index in [2.05, 4.69) is 15.3 Å². The maximum absolute atomic E-state index is 12.7. The van der Waals surface area contributed by atoms with Gasteiger partial charge in [-0.05, 0) is 49.7 Å². The quantitative estimate of drug-likeness (QED) is 0.553. The van der Waals surface area contributed by atoms with E-state index in [0.717, 1.165) is 22.4 Å². The van der Waals surface area contributed by atoms with Gasteiger partial charge in [-0.1, -0.05) is 21.9 Å². The normalized spacial score (nSPS) is 14.6. The van der Waals surface area contributed by atoms with Crippen molar-refractivity contribution in [1.29, 1.82) is 0 Å². The molecule has 0 radical (unpaired) electrons. The molecule has 0 aliphatic carbocycles. The molecule has 0 spiro atoms. The monoisotopic (exact) mass is 378 g/mol. The second-order valence-electron chi connectivity index (χ2n) is 6.56. The SMILES string of the molecule is COc1ccc(-c2nc(CN3C(=O)/C(=N\O)c4cc(C)cc(C)c43)no2)cc1. The number of carbonyl (C=O) groups excluding carboxylic acids is 1. The summed E-state index contributed by atoms with van der Waals surface area (Å²) >= 11 is 0. The Labute approximate surface area is 161 Å². The molecule has 0 bridgehead atoms. The Morgan fingerprint density at radius 3 is 2.64 bits per heavy atom. The first-order chi connectivity index (χ1) is 13.5. The number of hydrogen-bond donors (Lipinski definition) is 1. The first-order valence-corrected chi connectivity index (χ1v) is 8.64. The van der Waals surface area contributed by atoms with Gasteiger partial charge in [-0.3, -0.25) is 9.69 Å². The molecular formula is C20H18N4O4. The summed E-state index contributed by atoms with van der Waals surface area (Å²) in [5, 5.41) is 16.5. The molecule has 0 fully saturated rings. The lowest BCUT2D eigenvalue weighted by molar-refractivity contribution is -0.112. The van der Waals surface area contributed by atoms with E-state index in [1.807, 2.05) is 38.1 Å².